The molecule has 40 heavy (non-hydrogen) atoms. The summed E-state index contributed by atoms with van der Waals surface area (Å²) in [6.45, 7) is 0. The zero-order chi connectivity index (χ0) is 26.7. The Balaban J connectivity index is 1.18. The van der Waals surface area contributed by atoms with Crippen LogP contribution < -0.4 is 10.6 Å². The Morgan fingerprint density at radius 2 is 0.750 bits per heavy atom. The number of hydrogen-bond acceptors (Lipinski definition) is 5. The maximum atomic E-state index is 6.66. The topological polar surface area (TPSA) is 55.4 Å². The molecule has 0 saturated carbocycles. The van der Waals surface area contributed by atoms with Crippen molar-refractivity contribution in [2.24, 2.45) is 0 Å². The first-order valence-electron chi connectivity index (χ1n) is 13.8. The van der Waals surface area contributed by atoms with Gasteiger partial charge in [-0.1, -0.05) is 127 Å². The largest absolute Gasteiger partial charge is 0.347 e. The summed E-state index contributed by atoms with van der Waals surface area (Å²) in [5, 5.41) is 7.43. The van der Waals surface area contributed by atoms with E-state index in [2.05, 4.69) is 108 Å². The summed E-state index contributed by atoms with van der Waals surface area (Å²) >= 11 is 0. The van der Waals surface area contributed by atoms with Gasteiger partial charge >= 0.3 is 0 Å². The molecule has 6 unspecified atom stereocenters. The van der Waals surface area contributed by atoms with Crippen molar-refractivity contribution in [1.82, 2.24) is 15.6 Å². The van der Waals surface area contributed by atoms with Gasteiger partial charge in [0.25, 0.3) is 0 Å². The average molecular weight is 526 g/mol. The van der Waals surface area contributed by atoms with Gasteiger partial charge in [0.05, 0.1) is 23.5 Å². The Kier molecular flexibility index (Phi) is 6.94. The van der Waals surface area contributed by atoms with Crippen LogP contribution >= 0.6 is 0 Å². The molecule has 0 aliphatic carbocycles. The molecule has 0 spiro atoms. The number of pyridine rings is 1. The third-order valence-electron chi connectivity index (χ3n) is 7.74. The molecule has 198 valence electrons. The lowest BCUT2D eigenvalue weighted by Gasteiger charge is -2.18. The van der Waals surface area contributed by atoms with Crippen molar-refractivity contribution in [3.63, 3.8) is 0 Å². The van der Waals surface area contributed by atoms with Crippen molar-refractivity contribution in [2.45, 2.75) is 36.7 Å². The van der Waals surface area contributed by atoms with E-state index in [0.717, 1.165) is 22.5 Å². The second kappa shape index (κ2) is 11.2. The fourth-order valence-electron chi connectivity index (χ4n) is 5.79. The zero-order valence-corrected chi connectivity index (χ0v) is 22.0. The fraction of sp³-hybridized carbons (Fsp3) is 0.171. The van der Waals surface area contributed by atoms with Crippen molar-refractivity contribution >= 4 is 0 Å². The number of ether oxygens (including phenoxy) is 2. The van der Waals surface area contributed by atoms with Gasteiger partial charge in [-0.25, -0.2) is 4.98 Å². The van der Waals surface area contributed by atoms with Crippen LogP contribution in [-0.4, -0.2) is 4.98 Å². The Morgan fingerprint density at radius 1 is 0.400 bits per heavy atom. The van der Waals surface area contributed by atoms with Crippen LogP contribution in [0.1, 0.15) is 70.4 Å². The third kappa shape index (κ3) is 4.96. The molecule has 5 aromatic rings. The van der Waals surface area contributed by atoms with E-state index in [1.165, 1.54) is 11.1 Å². The summed E-state index contributed by atoms with van der Waals surface area (Å²) in [6.07, 6.45) is -0.979. The number of rotatable bonds is 6. The number of benzene rings is 4. The molecule has 0 bridgehead atoms. The summed E-state index contributed by atoms with van der Waals surface area (Å²) in [4.78, 5) is 5.07. The first-order valence-corrected chi connectivity index (χ1v) is 13.8. The molecule has 5 heteroatoms. The van der Waals surface area contributed by atoms with Crippen LogP contribution in [0.25, 0.3) is 0 Å². The smallest absolute Gasteiger partial charge is 0.152 e. The average Bonchev–Trinajstić information content (AvgIpc) is 3.69. The van der Waals surface area contributed by atoms with Gasteiger partial charge in [-0.15, -0.1) is 0 Å². The minimum Gasteiger partial charge on any atom is -0.347 e. The van der Waals surface area contributed by atoms with E-state index in [1.807, 2.05) is 42.5 Å². The van der Waals surface area contributed by atoms with Gasteiger partial charge in [0.1, 0.15) is 12.2 Å². The van der Waals surface area contributed by atoms with Crippen LogP contribution in [0, 0.1) is 0 Å². The van der Waals surface area contributed by atoms with Gasteiger partial charge < -0.3 is 9.47 Å². The van der Waals surface area contributed by atoms with E-state index >= 15 is 0 Å². The third-order valence-corrected chi connectivity index (χ3v) is 7.74. The summed E-state index contributed by atoms with van der Waals surface area (Å²) in [6, 6.07) is 47.8. The highest BCUT2D eigenvalue weighted by Crippen LogP contribution is 2.44. The summed E-state index contributed by atoms with van der Waals surface area (Å²) in [5.41, 5.74) is 6.32. The molecular weight excluding hydrogens is 494 g/mol. The maximum absolute atomic E-state index is 6.66. The van der Waals surface area contributed by atoms with Crippen LogP contribution in [0.15, 0.2) is 140 Å². The maximum Gasteiger partial charge on any atom is 0.152 e. The van der Waals surface area contributed by atoms with Crippen LogP contribution in [0.3, 0.4) is 0 Å². The number of aromatic nitrogens is 1. The molecule has 2 N–H and O–H groups in total. The fourth-order valence-corrected chi connectivity index (χ4v) is 5.79. The molecule has 3 heterocycles. The van der Waals surface area contributed by atoms with E-state index in [4.69, 9.17) is 14.5 Å². The minimum absolute atomic E-state index is 0.00448. The first-order chi connectivity index (χ1) is 19.8. The quantitative estimate of drug-likeness (QED) is 0.244. The van der Waals surface area contributed by atoms with E-state index in [-0.39, 0.29) is 36.7 Å². The number of nitrogens with one attached hydrogen (secondary N) is 2. The highest BCUT2D eigenvalue weighted by atomic mass is 16.5. The first kappa shape index (κ1) is 24.9. The number of nitrogens with zero attached hydrogens (tertiary/aromatic N) is 1. The standard InChI is InChI=1S/C35H31N3O2/c1-5-14-24(15-6-1)30-32(26-18-9-3-10-19-26)39-34(37-30)28-22-13-23-29(36-28)35-38-31(25-16-7-2-8-17-25)33(40-35)27-20-11-4-12-21-27/h1-23,30-35,37-38H. The van der Waals surface area contributed by atoms with Crippen molar-refractivity contribution < 1.29 is 9.47 Å². The molecule has 0 amide bonds. The summed E-state index contributed by atoms with van der Waals surface area (Å²) in [5.74, 6) is 0. The SMILES string of the molecule is c1ccc(C2NC(c3cccc(C4NC(c5ccccc5)C(c5ccccc5)O4)n3)OC2c2ccccc2)cc1. The van der Waals surface area contributed by atoms with E-state index in [0.29, 0.717) is 0 Å². The van der Waals surface area contributed by atoms with Crippen LogP contribution in [0.5, 0.6) is 0 Å². The van der Waals surface area contributed by atoms with Crippen molar-refractivity contribution in [1.29, 1.82) is 0 Å². The molecule has 5 nitrogen and oxygen atoms in total. The van der Waals surface area contributed by atoms with Crippen LogP contribution in [0.4, 0.5) is 0 Å². The van der Waals surface area contributed by atoms with Gasteiger partial charge in [0.2, 0.25) is 0 Å². The van der Waals surface area contributed by atoms with Crippen LogP contribution in [-0.2, 0) is 9.47 Å². The Bertz CT molecular complexity index is 1320. The molecule has 2 saturated heterocycles. The molecule has 7 rings (SSSR count). The Hall–Kier alpha value is -4.13. The predicted octanol–water partition coefficient (Wildman–Crippen LogP) is 7.28. The summed E-state index contributed by atoms with van der Waals surface area (Å²) < 4.78 is 13.3. The lowest BCUT2D eigenvalue weighted by molar-refractivity contribution is 0.0268. The molecular formula is C35H31N3O2. The van der Waals surface area contributed by atoms with E-state index < -0.39 is 0 Å². The lowest BCUT2D eigenvalue weighted by Crippen LogP contribution is -2.22. The van der Waals surface area contributed by atoms with Gasteiger partial charge in [0.15, 0.2) is 12.5 Å². The molecule has 2 aliphatic rings. The van der Waals surface area contributed by atoms with E-state index in [9.17, 15) is 0 Å². The van der Waals surface area contributed by atoms with Crippen molar-refractivity contribution in [3.05, 3.63) is 173 Å². The molecule has 4 aromatic carbocycles. The van der Waals surface area contributed by atoms with Gasteiger partial charge in [-0.2, -0.15) is 0 Å². The summed E-state index contributed by atoms with van der Waals surface area (Å²) in [7, 11) is 0. The Labute approximate surface area is 234 Å². The molecule has 0 radical (unpaired) electrons. The zero-order valence-electron chi connectivity index (χ0n) is 22.0. The van der Waals surface area contributed by atoms with Crippen LogP contribution in [0.2, 0.25) is 0 Å². The lowest BCUT2D eigenvalue weighted by atomic mass is 9.96. The van der Waals surface area contributed by atoms with Gasteiger partial charge in [0, 0.05) is 0 Å². The molecule has 2 aliphatic heterocycles. The monoisotopic (exact) mass is 525 g/mol. The highest BCUT2D eigenvalue weighted by Gasteiger charge is 2.40. The van der Waals surface area contributed by atoms with Gasteiger partial charge in [-0.3, -0.25) is 10.6 Å². The van der Waals surface area contributed by atoms with Crippen molar-refractivity contribution in [2.75, 3.05) is 0 Å². The molecule has 2 fully saturated rings. The highest BCUT2D eigenvalue weighted by molar-refractivity contribution is 5.31. The predicted molar refractivity (Wildman–Crippen MR) is 155 cm³/mol. The second-order valence-electron chi connectivity index (χ2n) is 10.3. The molecule has 6 atom stereocenters. The minimum atomic E-state index is -0.355. The van der Waals surface area contributed by atoms with Gasteiger partial charge in [-0.05, 0) is 34.4 Å². The normalized spacial score (nSPS) is 26.1. The second-order valence-corrected chi connectivity index (χ2v) is 10.3. The van der Waals surface area contributed by atoms with E-state index in [1.54, 1.807) is 0 Å². The Morgan fingerprint density at radius 3 is 1.12 bits per heavy atom. The number of hydrogen-bond donors (Lipinski definition) is 2. The molecule has 1 aromatic heterocycles. The van der Waals surface area contributed by atoms with Crippen molar-refractivity contribution in [3.8, 4) is 0 Å².